The molecule has 2 rings (SSSR count). The average molecular weight is 208 g/mol. The number of hydrogen-bond acceptors (Lipinski definition) is 2. The molecule has 0 bridgehead atoms. The number of carbonyl (C=O) groups excluding carboxylic acids is 1. The number of urea groups is 1. The molecule has 1 aromatic rings. The van der Waals surface area contributed by atoms with Gasteiger partial charge in [0.25, 0.3) is 0 Å². The monoisotopic (exact) mass is 208 g/mol. The Morgan fingerprint density at radius 1 is 1.53 bits per heavy atom. The van der Waals surface area contributed by atoms with Gasteiger partial charge in [-0.1, -0.05) is 0 Å². The lowest BCUT2D eigenvalue weighted by Crippen LogP contribution is -2.47. The van der Waals surface area contributed by atoms with E-state index in [9.17, 15) is 4.79 Å². The topological polar surface area (TPSA) is 50.2 Å². The van der Waals surface area contributed by atoms with Crippen LogP contribution in [0.5, 0.6) is 0 Å². The van der Waals surface area contributed by atoms with Crippen LogP contribution in [0.25, 0.3) is 0 Å². The highest BCUT2D eigenvalue weighted by Crippen LogP contribution is 2.00. The Balaban J connectivity index is 1.84. The van der Waals surface area contributed by atoms with Gasteiger partial charge in [-0.2, -0.15) is 5.10 Å². The highest BCUT2D eigenvalue weighted by molar-refractivity contribution is 5.74. The molecular formula is C10H16N4O. The lowest BCUT2D eigenvalue weighted by Gasteiger charge is -2.27. The number of amides is 2. The van der Waals surface area contributed by atoms with Crippen LogP contribution in [0, 0.1) is 6.92 Å². The van der Waals surface area contributed by atoms with Gasteiger partial charge in [-0.3, -0.25) is 4.68 Å². The van der Waals surface area contributed by atoms with E-state index in [1.54, 1.807) is 0 Å². The maximum Gasteiger partial charge on any atom is 0.317 e. The number of carbonyl (C=O) groups is 1. The van der Waals surface area contributed by atoms with Gasteiger partial charge >= 0.3 is 6.03 Å². The SMILES string of the molecule is Cc1cnn(CCN2CCCNC2=O)c1. The Morgan fingerprint density at radius 3 is 3.07 bits per heavy atom. The van der Waals surface area contributed by atoms with Crippen molar-refractivity contribution in [2.75, 3.05) is 19.6 Å². The van der Waals surface area contributed by atoms with E-state index in [0.717, 1.165) is 38.2 Å². The summed E-state index contributed by atoms with van der Waals surface area (Å²) in [5, 5.41) is 7.01. The summed E-state index contributed by atoms with van der Waals surface area (Å²) in [7, 11) is 0. The molecule has 0 saturated carbocycles. The molecule has 1 aliphatic heterocycles. The van der Waals surface area contributed by atoms with Crippen molar-refractivity contribution in [2.45, 2.75) is 19.9 Å². The van der Waals surface area contributed by atoms with E-state index < -0.39 is 0 Å². The van der Waals surface area contributed by atoms with Crippen LogP contribution in [0.4, 0.5) is 4.79 Å². The summed E-state index contributed by atoms with van der Waals surface area (Å²) in [6, 6.07) is 0.0464. The Labute approximate surface area is 89.1 Å². The normalized spacial score (nSPS) is 16.6. The lowest BCUT2D eigenvalue weighted by molar-refractivity contribution is 0.183. The Kier molecular flexibility index (Phi) is 2.89. The number of nitrogens with zero attached hydrogens (tertiary/aromatic N) is 3. The Hall–Kier alpha value is -1.52. The molecule has 0 aromatic carbocycles. The van der Waals surface area contributed by atoms with Crippen LogP contribution in [0.3, 0.4) is 0 Å². The minimum Gasteiger partial charge on any atom is -0.338 e. The zero-order chi connectivity index (χ0) is 10.7. The summed E-state index contributed by atoms with van der Waals surface area (Å²) in [6.45, 7) is 5.16. The van der Waals surface area contributed by atoms with Crippen molar-refractivity contribution in [2.24, 2.45) is 0 Å². The summed E-state index contributed by atoms with van der Waals surface area (Å²) in [4.78, 5) is 13.2. The second kappa shape index (κ2) is 4.33. The van der Waals surface area contributed by atoms with Crippen LogP contribution in [0.2, 0.25) is 0 Å². The van der Waals surface area contributed by atoms with Gasteiger partial charge in [0.1, 0.15) is 0 Å². The first-order valence-electron chi connectivity index (χ1n) is 5.27. The van der Waals surface area contributed by atoms with Crippen LogP contribution in [0.1, 0.15) is 12.0 Å². The molecule has 1 saturated heterocycles. The first-order valence-corrected chi connectivity index (χ1v) is 5.27. The summed E-state index contributed by atoms with van der Waals surface area (Å²) >= 11 is 0. The quantitative estimate of drug-likeness (QED) is 0.791. The fourth-order valence-electron chi connectivity index (χ4n) is 1.70. The minimum atomic E-state index is 0.0464. The van der Waals surface area contributed by atoms with Crippen LogP contribution >= 0.6 is 0 Å². The predicted molar refractivity (Wildman–Crippen MR) is 56.6 cm³/mol. The molecule has 5 nitrogen and oxygen atoms in total. The predicted octanol–water partition coefficient (Wildman–Crippen LogP) is 0.607. The van der Waals surface area contributed by atoms with Gasteiger partial charge in [-0.15, -0.1) is 0 Å². The van der Waals surface area contributed by atoms with Crippen molar-refractivity contribution in [3.05, 3.63) is 18.0 Å². The molecule has 0 atom stereocenters. The van der Waals surface area contributed by atoms with Crippen molar-refractivity contribution in [3.8, 4) is 0 Å². The van der Waals surface area contributed by atoms with Gasteiger partial charge in [0.05, 0.1) is 12.7 Å². The molecule has 0 radical (unpaired) electrons. The van der Waals surface area contributed by atoms with E-state index in [-0.39, 0.29) is 6.03 Å². The van der Waals surface area contributed by atoms with E-state index in [1.165, 1.54) is 0 Å². The third kappa shape index (κ3) is 2.49. The second-order valence-electron chi connectivity index (χ2n) is 3.85. The van der Waals surface area contributed by atoms with Crippen molar-refractivity contribution in [3.63, 3.8) is 0 Å². The van der Waals surface area contributed by atoms with Crippen molar-refractivity contribution in [1.29, 1.82) is 0 Å². The number of nitrogens with one attached hydrogen (secondary N) is 1. The highest BCUT2D eigenvalue weighted by Gasteiger charge is 2.16. The zero-order valence-electron chi connectivity index (χ0n) is 8.94. The molecule has 2 amide bonds. The molecular weight excluding hydrogens is 192 g/mol. The molecule has 0 spiro atoms. The second-order valence-corrected chi connectivity index (χ2v) is 3.85. The standard InChI is InChI=1S/C10H16N4O/c1-9-7-12-14(8-9)6-5-13-4-2-3-11-10(13)15/h7-8H,2-6H2,1H3,(H,11,15). The zero-order valence-corrected chi connectivity index (χ0v) is 8.94. The summed E-state index contributed by atoms with van der Waals surface area (Å²) in [5.74, 6) is 0. The van der Waals surface area contributed by atoms with Crippen molar-refractivity contribution >= 4 is 6.03 Å². The molecule has 2 heterocycles. The van der Waals surface area contributed by atoms with E-state index in [0.29, 0.717) is 0 Å². The first-order chi connectivity index (χ1) is 7.25. The Morgan fingerprint density at radius 2 is 2.40 bits per heavy atom. The first kappa shape index (κ1) is 10.0. The fraction of sp³-hybridized carbons (Fsp3) is 0.600. The molecule has 1 aromatic heterocycles. The molecule has 1 N–H and O–H groups in total. The van der Waals surface area contributed by atoms with Crippen molar-refractivity contribution in [1.82, 2.24) is 20.0 Å². The maximum absolute atomic E-state index is 11.4. The third-order valence-corrected chi connectivity index (χ3v) is 2.53. The summed E-state index contributed by atoms with van der Waals surface area (Å²) < 4.78 is 1.87. The van der Waals surface area contributed by atoms with Gasteiger partial charge in [0.2, 0.25) is 0 Å². The van der Waals surface area contributed by atoms with Crippen molar-refractivity contribution < 1.29 is 4.79 Å². The van der Waals surface area contributed by atoms with Gasteiger partial charge in [0.15, 0.2) is 0 Å². The van der Waals surface area contributed by atoms with Crippen LogP contribution < -0.4 is 5.32 Å². The van der Waals surface area contributed by atoms with Gasteiger partial charge in [-0.05, 0) is 18.9 Å². The summed E-state index contributed by atoms with van der Waals surface area (Å²) in [5.41, 5.74) is 1.15. The smallest absolute Gasteiger partial charge is 0.317 e. The highest BCUT2D eigenvalue weighted by atomic mass is 16.2. The van der Waals surface area contributed by atoms with E-state index in [1.807, 2.05) is 28.9 Å². The van der Waals surface area contributed by atoms with Crippen LogP contribution in [-0.4, -0.2) is 40.3 Å². The van der Waals surface area contributed by atoms with Crippen LogP contribution in [-0.2, 0) is 6.54 Å². The van der Waals surface area contributed by atoms with E-state index >= 15 is 0 Å². The maximum atomic E-state index is 11.4. The lowest BCUT2D eigenvalue weighted by atomic mass is 10.3. The van der Waals surface area contributed by atoms with Gasteiger partial charge in [0, 0.05) is 25.8 Å². The fourth-order valence-corrected chi connectivity index (χ4v) is 1.70. The number of aryl methyl sites for hydroxylation is 1. The van der Waals surface area contributed by atoms with E-state index in [4.69, 9.17) is 0 Å². The van der Waals surface area contributed by atoms with Gasteiger partial charge in [-0.25, -0.2) is 4.79 Å². The number of rotatable bonds is 3. The molecule has 1 aliphatic rings. The molecule has 5 heteroatoms. The van der Waals surface area contributed by atoms with E-state index in [2.05, 4.69) is 10.4 Å². The molecule has 82 valence electrons. The summed E-state index contributed by atoms with van der Waals surface area (Å²) in [6.07, 6.45) is 4.85. The van der Waals surface area contributed by atoms with Gasteiger partial charge < -0.3 is 10.2 Å². The number of aromatic nitrogens is 2. The largest absolute Gasteiger partial charge is 0.338 e. The minimum absolute atomic E-state index is 0.0464. The molecule has 15 heavy (non-hydrogen) atoms. The molecule has 0 aliphatic carbocycles. The average Bonchev–Trinajstić information content (AvgIpc) is 2.63. The number of hydrogen-bond donors (Lipinski definition) is 1. The Bertz CT molecular complexity index is 347. The third-order valence-electron chi connectivity index (χ3n) is 2.53. The molecule has 1 fully saturated rings. The van der Waals surface area contributed by atoms with Crippen LogP contribution in [0.15, 0.2) is 12.4 Å². The molecule has 0 unspecified atom stereocenters.